The van der Waals surface area contributed by atoms with Crippen LogP contribution in [0.1, 0.15) is 87.0 Å². The van der Waals surface area contributed by atoms with Crippen LogP contribution in [0.2, 0.25) is 0 Å². The molecular formula is C33H46N4O3. The molecule has 0 atom stereocenters. The minimum Gasteiger partial charge on any atom is -0.385 e. The number of ether oxygens (including phenoxy) is 1. The Morgan fingerprint density at radius 3 is 2.40 bits per heavy atom. The number of unbranched alkanes of at least 4 members (excludes halogenated alkanes) is 3. The van der Waals surface area contributed by atoms with Crippen molar-refractivity contribution in [1.29, 1.82) is 0 Å². The summed E-state index contributed by atoms with van der Waals surface area (Å²) in [6, 6.07) is 17.7. The molecule has 0 saturated carbocycles. The molecule has 216 valence electrons. The maximum absolute atomic E-state index is 13.5. The summed E-state index contributed by atoms with van der Waals surface area (Å²) in [5, 5.41) is 7.84. The highest BCUT2D eigenvalue weighted by Crippen LogP contribution is 2.26. The average molecular weight is 547 g/mol. The number of nitrogens with one attached hydrogen (secondary N) is 1. The van der Waals surface area contributed by atoms with Gasteiger partial charge in [0.15, 0.2) is 0 Å². The van der Waals surface area contributed by atoms with Crippen molar-refractivity contribution in [2.45, 2.75) is 78.6 Å². The lowest BCUT2D eigenvalue weighted by atomic mass is 9.92. The van der Waals surface area contributed by atoms with E-state index in [9.17, 15) is 9.59 Å². The van der Waals surface area contributed by atoms with Gasteiger partial charge in [0.1, 0.15) is 12.4 Å². The number of aryl methyl sites for hydroxylation is 2. The van der Waals surface area contributed by atoms with Crippen LogP contribution in [0.3, 0.4) is 0 Å². The standard InChI is InChI=1S/C33H46N4O3/c1-7-8-9-10-14-26-16-18-27(19-17-26)32(39)36(20-12-21-40-6)24-31(38)34-30-23-29(33(3,4)5)35-37(30)28-15-11-13-25(2)22-28/h11,13,15-19,22-23H,7-10,12,14,20-21,24H2,1-6H3,(H,34,38). The molecular weight excluding hydrogens is 500 g/mol. The summed E-state index contributed by atoms with van der Waals surface area (Å²) in [7, 11) is 1.64. The molecule has 0 fully saturated rings. The number of carbonyl (C=O) groups excluding carboxylic acids is 2. The molecule has 0 spiro atoms. The number of carbonyl (C=O) groups is 2. The average Bonchev–Trinajstić information content (AvgIpc) is 3.35. The first-order valence-corrected chi connectivity index (χ1v) is 14.5. The number of benzene rings is 2. The van der Waals surface area contributed by atoms with Gasteiger partial charge in [-0.2, -0.15) is 5.10 Å². The Bertz CT molecular complexity index is 1240. The molecule has 1 N–H and O–H groups in total. The summed E-state index contributed by atoms with van der Waals surface area (Å²) in [4.78, 5) is 28.4. The maximum atomic E-state index is 13.5. The van der Waals surface area contributed by atoms with Gasteiger partial charge in [-0.25, -0.2) is 4.68 Å². The predicted octanol–water partition coefficient (Wildman–Crippen LogP) is 6.72. The summed E-state index contributed by atoms with van der Waals surface area (Å²) in [6.45, 7) is 11.4. The van der Waals surface area contributed by atoms with E-state index >= 15 is 0 Å². The van der Waals surface area contributed by atoms with E-state index < -0.39 is 0 Å². The maximum Gasteiger partial charge on any atom is 0.254 e. The van der Waals surface area contributed by atoms with Crippen molar-refractivity contribution in [2.24, 2.45) is 0 Å². The molecule has 2 aromatic carbocycles. The number of methoxy groups -OCH3 is 1. The fourth-order valence-electron chi connectivity index (χ4n) is 4.55. The van der Waals surface area contributed by atoms with Gasteiger partial charge in [-0.05, 0) is 61.6 Å². The molecule has 2 amide bonds. The summed E-state index contributed by atoms with van der Waals surface area (Å²) in [5.41, 5.74) is 4.46. The molecule has 0 radical (unpaired) electrons. The van der Waals surface area contributed by atoms with Crippen molar-refractivity contribution >= 4 is 17.6 Å². The van der Waals surface area contributed by atoms with Crippen molar-refractivity contribution in [3.05, 3.63) is 77.0 Å². The van der Waals surface area contributed by atoms with Crippen LogP contribution in [0, 0.1) is 6.92 Å². The Kier molecular flexibility index (Phi) is 11.5. The molecule has 0 saturated heterocycles. The third-order valence-electron chi connectivity index (χ3n) is 6.91. The number of amides is 2. The van der Waals surface area contributed by atoms with Crippen LogP contribution in [-0.2, 0) is 21.4 Å². The molecule has 0 unspecified atom stereocenters. The van der Waals surface area contributed by atoms with Gasteiger partial charge >= 0.3 is 0 Å². The highest BCUT2D eigenvalue weighted by Gasteiger charge is 2.23. The number of aromatic nitrogens is 2. The van der Waals surface area contributed by atoms with Crippen molar-refractivity contribution in [3.63, 3.8) is 0 Å². The van der Waals surface area contributed by atoms with Crippen LogP contribution in [-0.4, -0.2) is 53.3 Å². The SMILES string of the molecule is CCCCCCc1ccc(C(=O)N(CCCOC)CC(=O)Nc2cc(C(C)(C)C)nn2-c2cccc(C)c2)cc1. The minimum atomic E-state index is -0.271. The van der Waals surface area contributed by atoms with E-state index in [0.29, 0.717) is 31.0 Å². The Labute approximate surface area is 239 Å². The lowest BCUT2D eigenvalue weighted by Gasteiger charge is -2.22. The molecule has 3 rings (SSSR count). The minimum absolute atomic E-state index is 0.0643. The van der Waals surface area contributed by atoms with Crippen LogP contribution in [0.4, 0.5) is 5.82 Å². The van der Waals surface area contributed by atoms with E-state index in [-0.39, 0.29) is 23.8 Å². The fraction of sp³-hybridized carbons (Fsp3) is 0.485. The topological polar surface area (TPSA) is 76.5 Å². The fourth-order valence-corrected chi connectivity index (χ4v) is 4.55. The molecule has 1 aromatic heterocycles. The summed E-state index contributed by atoms with van der Waals surface area (Å²) in [6.07, 6.45) is 6.49. The second-order valence-corrected chi connectivity index (χ2v) is 11.5. The summed E-state index contributed by atoms with van der Waals surface area (Å²) < 4.78 is 6.97. The van der Waals surface area contributed by atoms with Crippen LogP contribution < -0.4 is 5.32 Å². The molecule has 40 heavy (non-hydrogen) atoms. The highest BCUT2D eigenvalue weighted by atomic mass is 16.5. The lowest BCUT2D eigenvalue weighted by molar-refractivity contribution is -0.117. The van der Waals surface area contributed by atoms with Crippen molar-refractivity contribution in [1.82, 2.24) is 14.7 Å². The Balaban J connectivity index is 1.77. The quantitative estimate of drug-likeness (QED) is 0.228. The van der Waals surface area contributed by atoms with Gasteiger partial charge < -0.3 is 15.0 Å². The van der Waals surface area contributed by atoms with E-state index in [1.807, 2.05) is 61.5 Å². The monoisotopic (exact) mass is 546 g/mol. The number of hydrogen-bond acceptors (Lipinski definition) is 4. The normalized spacial score (nSPS) is 11.4. The van der Waals surface area contributed by atoms with E-state index in [2.05, 4.69) is 33.0 Å². The zero-order valence-corrected chi connectivity index (χ0v) is 25.1. The van der Waals surface area contributed by atoms with Crippen LogP contribution in [0.15, 0.2) is 54.6 Å². The molecule has 0 bridgehead atoms. The third kappa shape index (κ3) is 9.05. The van der Waals surface area contributed by atoms with E-state index in [1.54, 1.807) is 16.7 Å². The van der Waals surface area contributed by atoms with E-state index in [1.165, 1.54) is 24.8 Å². The first kappa shape index (κ1) is 31.1. The molecule has 1 heterocycles. The van der Waals surface area contributed by atoms with Gasteiger partial charge in [0.2, 0.25) is 5.91 Å². The van der Waals surface area contributed by atoms with Crippen LogP contribution in [0.5, 0.6) is 0 Å². The van der Waals surface area contributed by atoms with Crippen LogP contribution >= 0.6 is 0 Å². The first-order chi connectivity index (χ1) is 19.1. The number of nitrogens with zero attached hydrogens (tertiary/aromatic N) is 3. The van der Waals surface area contributed by atoms with Gasteiger partial charge in [-0.15, -0.1) is 0 Å². The van der Waals surface area contributed by atoms with Gasteiger partial charge in [-0.1, -0.05) is 71.2 Å². The van der Waals surface area contributed by atoms with Crippen molar-refractivity contribution in [2.75, 3.05) is 32.1 Å². The predicted molar refractivity (Wildman–Crippen MR) is 162 cm³/mol. The zero-order chi connectivity index (χ0) is 29.1. The molecule has 3 aromatic rings. The van der Waals surface area contributed by atoms with Gasteiger partial charge in [0, 0.05) is 37.3 Å². The summed E-state index contributed by atoms with van der Waals surface area (Å²) >= 11 is 0. The van der Waals surface area contributed by atoms with Crippen LogP contribution in [0.25, 0.3) is 5.69 Å². The molecule has 0 aliphatic rings. The Morgan fingerprint density at radius 1 is 1.00 bits per heavy atom. The largest absolute Gasteiger partial charge is 0.385 e. The summed E-state index contributed by atoms with van der Waals surface area (Å²) in [5.74, 6) is 0.149. The molecule has 7 nitrogen and oxygen atoms in total. The molecule has 7 heteroatoms. The van der Waals surface area contributed by atoms with E-state index in [4.69, 9.17) is 9.84 Å². The number of hydrogen-bond donors (Lipinski definition) is 1. The van der Waals surface area contributed by atoms with E-state index in [0.717, 1.165) is 29.8 Å². The smallest absolute Gasteiger partial charge is 0.254 e. The molecule has 0 aliphatic heterocycles. The third-order valence-corrected chi connectivity index (χ3v) is 6.91. The first-order valence-electron chi connectivity index (χ1n) is 14.5. The molecule has 0 aliphatic carbocycles. The Hall–Kier alpha value is -3.45. The highest BCUT2D eigenvalue weighted by molar-refractivity contribution is 5.99. The second-order valence-electron chi connectivity index (χ2n) is 11.5. The van der Waals surface area contributed by atoms with Crippen molar-refractivity contribution in [3.8, 4) is 5.69 Å². The number of anilines is 1. The van der Waals surface area contributed by atoms with Gasteiger partial charge in [0.25, 0.3) is 5.91 Å². The Morgan fingerprint density at radius 2 is 1.75 bits per heavy atom. The zero-order valence-electron chi connectivity index (χ0n) is 25.1. The van der Waals surface area contributed by atoms with Crippen molar-refractivity contribution < 1.29 is 14.3 Å². The second kappa shape index (κ2) is 14.8. The number of rotatable bonds is 14. The van der Waals surface area contributed by atoms with Gasteiger partial charge in [0.05, 0.1) is 11.4 Å². The van der Waals surface area contributed by atoms with Gasteiger partial charge in [-0.3, -0.25) is 9.59 Å². The lowest BCUT2D eigenvalue weighted by Crippen LogP contribution is -2.39.